The van der Waals surface area contributed by atoms with Crippen LogP contribution in [0.4, 0.5) is 0 Å². The Morgan fingerprint density at radius 3 is 2.78 bits per heavy atom. The molecule has 2 heterocycles. The van der Waals surface area contributed by atoms with Crippen molar-refractivity contribution in [1.82, 2.24) is 9.80 Å². The van der Waals surface area contributed by atoms with Crippen molar-refractivity contribution in [2.24, 2.45) is 0 Å². The van der Waals surface area contributed by atoms with Crippen LogP contribution in [0.5, 0.6) is 0 Å². The van der Waals surface area contributed by atoms with Crippen LogP contribution in [0.25, 0.3) is 0 Å². The molecule has 0 aromatic heterocycles. The van der Waals surface area contributed by atoms with Crippen molar-refractivity contribution in [1.29, 1.82) is 0 Å². The summed E-state index contributed by atoms with van der Waals surface area (Å²) in [6, 6.07) is 9.75. The summed E-state index contributed by atoms with van der Waals surface area (Å²) in [7, 11) is 0. The van der Waals surface area contributed by atoms with Gasteiger partial charge in [-0.1, -0.05) is 23.7 Å². The highest BCUT2D eigenvalue weighted by Crippen LogP contribution is 2.25. The number of piperazine rings is 1. The molecule has 2 nitrogen and oxygen atoms in total. The number of nitrogens with zero attached hydrogens (tertiary/aromatic N) is 2. The fourth-order valence-corrected chi connectivity index (χ4v) is 3.42. The highest BCUT2D eigenvalue weighted by Gasteiger charge is 2.33. The maximum absolute atomic E-state index is 5.94. The lowest BCUT2D eigenvalue weighted by molar-refractivity contribution is 0.0540. The summed E-state index contributed by atoms with van der Waals surface area (Å²) in [4.78, 5) is 5.29. The van der Waals surface area contributed by atoms with Gasteiger partial charge in [0.2, 0.25) is 0 Å². The van der Waals surface area contributed by atoms with Crippen molar-refractivity contribution in [3.8, 4) is 0 Å². The van der Waals surface area contributed by atoms with Crippen molar-refractivity contribution in [2.45, 2.75) is 38.4 Å². The molecule has 0 radical (unpaired) electrons. The summed E-state index contributed by atoms with van der Waals surface area (Å²) in [5.41, 5.74) is 1.37. The standard InChI is InChI=1S/C15H21ClN2/c1-12-9-17-8-2-3-15(17)11-18(12)10-13-4-6-14(16)7-5-13/h4-7,12,15H,2-3,8-11H2,1H3/t12-,15-/m0/s1. The number of hydrogen-bond donors (Lipinski definition) is 0. The fraction of sp³-hybridized carbons (Fsp3) is 0.600. The van der Waals surface area contributed by atoms with E-state index in [-0.39, 0.29) is 0 Å². The summed E-state index contributed by atoms with van der Waals surface area (Å²) in [5, 5.41) is 0.826. The van der Waals surface area contributed by atoms with Crippen LogP contribution in [0.15, 0.2) is 24.3 Å². The SMILES string of the molecule is C[C@H]1CN2CCC[C@H]2CN1Cc1ccc(Cl)cc1. The Bertz CT molecular complexity index is 403. The number of halogens is 1. The van der Waals surface area contributed by atoms with Gasteiger partial charge in [0.15, 0.2) is 0 Å². The first-order valence-electron chi connectivity index (χ1n) is 6.95. The quantitative estimate of drug-likeness (QED) is 0.810. The third-order valence-corrected chi connectivity index (χ3v) is 4.62. The van der Waals surface area contributed by atoms with Gasteiger partial charge < -0.3 is 0 Å². The van der Waals surface area contributed by atoms with Gasteiger partial charge in [-0.2, -0.15) is 0 Å². The lowest BCUT2D eigenvalue weighted by atomic mass is 10.1. The Labute approximate surface area is 115 Å². The van der Waals surface area contributed by atoms with Crippen molar-refractivity contribution < 1.29 is 0 Å². The van der Waals surface area contributed by atoms with E-state index >= 15 is 0 Å². The highest BCUT2D eigenvalue weighted by atomic mass is 35.5. The molecule has 18 heavy (non-hydrogen) atoms. The zero-order valence-electron chi connectivity index (χ0n) is 11.0. The Balaban J connectivity index is 1.66. The molecule has 2 saturated heterocycles. The molecule has 0 aliphatic carbocycles. The lowest BCUT2D eigenvalue weighted by Gasteiger charge is -2.42. The third kappa shape index (κ3) is 2.56. The second kappa shape index (κ2) is 5.20. The van der Waals surface area contributed by atoms with Crippen LogP contribution >= 0.6 is 11.6 Å². The van der Waals surface area contributed by atoms with Crippen LogP contribution in [0, 0.1) is 0 Å². The molecule has 0 amide bonds. The smallest absolute Gasteiger partial charge is 0.0406 e. The van der Waals surface area contributed by atoms with Crippen molar-refractivity contribution in [3.05, 3.63) is 34.9 Å². The predicted molar refractivity (Wildman–Crippen MR) is 75.9 cm³/mol. The van der Waals surface area contributed by atoms with E-state index in [0.29, 0.717) is 6.04 Å². The minimum absolute atomic E-state index is 0.662. The molecule has 1 aromatic carbocycles. The van der Waals surface area contributed by atoms with Gasteiger partial charge >= 0.3 is 0 Å². The summed E-state index contributed by atoms with van der Waals surface area (Å²) >= 11 is 5.94. The lowest BCUT2D eigenvalue weighted by Crippen LogP contribution is -2.54. The minimum Gasteiger partial charge on any atom is -0.298 e. The number of fused-ring (bicyclic) bond motifs is 1. The molecule has 0 spiro atoms. The monoisotopic (exact) mass is 264 g/mol. The molecule has 0 bridgehead atoms. The number of hydrogen-bond acceptors (Lipinski definition) is 2. The topological polar surface area (TPSA) is 6.48 Å². The summed E-state index contributed by atoms with van der Waals surface area (Å²) in [5.74, 6) is 0. The summed E-state index contributed by atoms with van der Waals surface area (Å²) in [6.45, 7) is 7.18. The minimum atomic E-state index is 0.662. The largest absolute Gasteiger partial charge is 0.298 e. The van der Waals surface area contributed by atoms with E-state index < -0.39 is 0 Å². The van der Waals surface area contributed by atoms with E-state index in [2.05, 4.69) is 28.9 Å². The van der Waals surface area contributed by atoms with Crippen molar-refractivity contribution >= 4 is 11.6 Å². The van der Waals surface area contributed by atoms with Gasteiger partial charge in [0.25, 0.3) is 0 Å². The van der Waals surface area contributed by atoms with E-state index in [1.54, 1.807) is 0 Å². The van der Waals surface area contributed by atoms with Gasteiger partial charge in [-0.05, 0) is 44.0 Å². The Hall–Kier alpha value is -0.570. The number of benzene rings is 1. The first kappa shape index (κ1) is 12.5. The molecule has 98 valence electrons. The van der Waals surface area contributed by atoms with Crippen molar-refractivity contribution in [2.75, 3.05) is 19.6 Å². The predicted octanol–water partition coefficient (Wildman–Crippen LogP) is 3.01. The Morgan fingerprint density at radius 1 is 1.22 bits per heavy atom. The average Bonchev–Trinajstić information content (AvgIpc) is 2.79. The van der Waals surface area contributed by atoms with E-state index in [4.69, 9.17) is 11.6 Å². The molecule has 2 aliphatic heterocycles. The zero-order valence-corrected chi connectivity index (χ0v) is 11.7. The van der Waals surface area contributed by atoms with Crippen LogP contribution in [-0.4, -0.2) is 41.5 Å². The van der Waals surface area contributed by atoms with E-state index in [0.717, 1.165) is 17.6 Å². The van der Waals surface area contributed by atoms with Gasteiger partial charge in [-0.15, -0.1) is 0 Å². The molecule has 0 saturated carbocycles. The van der Waals surface area contributed by atoms with Crippen LogP contribution in [0.3, 0.4) is 0 Å². The molecule has 3 rings (SSSR count). The van der Waals surface area contributed by atoms with Gasteiger partial charge in [-0.3, -0.25) is 9.80 Å². The van der Waals surface area contributed by atoms with Crippen LogP contribution in [-0.2, 0) is 6.54 Å². The average molecular weight is 265 g/mol. The summed E-state index contributed by atoms with van der Waals surface area (Å²) in [6.07, 6.45) is 2.76. The first-order valence-corrected chi connectivity index (χ1v) is 7.33. The molecule has 0 unspecified atom stereocenters. The maximum Gasteiger partial charge on any atom is 0.0406 e. The molecule has 2 aliphatic rings. The van der Waals surface area contributed by atoms with E-state index in [1.165, 1.54) is 38.0 Å². The normalized spacial score (nSPS) is 29.4. The van der Waals surface area contributed by atoms with E-state index in [9.17, 15) is 0 Å². The molecule has 2 atom stereocenters. The summed E-state index contributed by atoms with van der Waals surface area (Å²) < 4.78 is 0. The molecule has 0 N–H and O–H groups in total. The second-order valence-electron chi connectivity index (χ2n) is 5.70. The Kier molecular flexibility index (Phi) is 3.60. The highest BCUT2D eigenvalue weighted by molar-refractivity contribution is 6.30. The van der Waals surface area contributed by atoms with Gasteiger partial charge in [0, 0.05) is 36.7 Å². The van der Waals surface area contributed by atoms with Crippen LogP contribution in [0.1, 0.15) is 25.3 Å². The maximum atomic E-state index is 5.94. The fourth-order valence-electron chi connectivity index (χ4n) is 3.29. The molecule has 2 fully saturated rings. The third-order valence-electron chi connectivity index (χ3n) is 4.37. The molecule has 1 aromatic rings. The molecular weight excluding hydrogens is 244 g/mol. The van der Waals surface area contributed by atoms with Crippen molar-refractivity contribution in [3.63, 3.8) is 0 Å². The molecular formula is C15H21ClN2. The molecule has 3 heteroatoms. The van der Waals surface area contributed by atoms with Crippen LogP contribution < -0.4 is 0 Å². The van der Waals surface area contributed by atoms with Crippen LogP contribution in [0.2, 0.25) is 5.02 Å². The zero-order chi connectivity index (χ0) is 12.5. The van der Waals surface area contributed by atoms with Gasteiger partial charge in [0.05, 0.1) is 0 Å². The second-order valence-corrected chi connectivity index (χ2v) is 6.13. The van der Waals surface area contributed by atoms with Gasteiger partial charge in [-0.25, -0.2) is 0 Å². The van der Waals surface area contributed by atoms with E-state index in [1.807, 2.05) is 12.1 Å². The first-order chi connectivity index (χ1) is 8.72. The number of rotatable bonds is 2. The van der Waals surface area contributed by atoms with Gasteiger partial charge in [0.1, 0.15) is 0 Å². The Morgan fingerprint density at radius 2 is 2.00 bits per heavy atom.